The van der Waals surface area contributed by atoms with Crippen molar-refractivity contribution in [2.24, 2.45) is 13.0 Å². The summed E-state index contributed by atoms with van der Waals surface area (Å²) in [5, 5.41) is 3.40. The van der Waals surface area contributed by atoms with Crippen molar-refractivity contribution in [1.29, 1.82) is 0 Å². The van der Waals surface area contributed by atoms with Crippen LogP contribution in [0.25, 0.3) is 22.1 Å². The molecule has 2 aromatic carbocycles. The van der Waals surface area contributed by atoms with Gasteiger partial charge in [-0.1, -0.05) is 6.58 Å². The number of ketones is 1. The van der Waals surface area contributed by atoms with Gasteiger partial charge in [0, 0.05) is 38.3 Å². The normalized spacial score (nSPS) is 14.0. The fraction of sp³-hybridized carbons (Fsp3) is 0.267. The molecule has 4 heterocycles. The molecular weight excluding hydrogens is 504 g/mol. The van der Waals surface area contributed by atoms with E-state index < -0.39 is 0 Å². The average Bonchev–Trinajstić information content (AvgIpc) is 3.34. The standard InChI is InChI=1S/C30H30N8O2/c1-4-22(39)14-20-9-11-38(12-10-20)30-31-16-25-28(36-30)29(33-17-32-25)35-21-5-8-27(19(2)13-21)40-23-6-7-26-24(15-23)34-18-37(26)3/h4-8,13,15-18,20H,1,9-12,14H2,2-3H3,(H,32,33,35). The van der Waals surface area contributed by atoms with Crippen molar-refractivity contribution >= 4 is 45.3 Å². The Kier molecular flexibility index (Phi) is 6.81. The number of imidazole rings is 1. The fourth-order valence-corrected chi connectivity index (χ4v) is 5.08. The molecule has 0 spiro atoms. The lowest BCUT2D eigenvalue weighted by Crippen LogP contribution is -2.35. The molecule has 5 aromatic rings. The van der Waals surface area contributed by atoms with Crippen molar-refractivity contribution in [2.75, 3.05) is 23.3 Å². The molecule has 0 unspecified atom stereocenters. The maximum absolute atomic E-state index is 11.7. The molecule has 0 aliphatic carbocycles. The zero-order valence-corrected chi connectivity index (χ0v) is 22.5. The van der Waals surface area contributed by atoms with E-state index in [9.17, 15) is 4.79 Å². The molecule has 0 amide bonds. The molecule has 10 nitrogen and oxygen atoms in total. The molecule has 1 aliphatic heterocycles. The van der Waals surface area contributed by atoms with E-state index in [1.54, 1.807) is 12.5 Å². The number of aryl methyl sites for hydroxylation is 2. The van der Waals surface area contributed by atoms with Gasteiger partial charge in [-0.3, -0.25) is 4.79 Å². The SMILES string of the molecule is C=CC(=O)CC1CCN(c2ncc3ncnc(Nc4ccc(Oc5ccc6c(c5)ncn6C)c(C)c4)c3n2)CC1. The predicted molar refractivity (Wildman–Crippen MR) is 155 cm³/mol. The summed E-state index contributed by atoms with van der Waals surface area (Å²) in [6.45, 7) is 7.18. The Morgan fingerprint density at radius 1 is 1.10 bits per heavy atom. The average molecular weight is 535 g/mol. The van der Waals surface area contributed by atoms with Gasteiger partial charge < -0.3 is 19.5 Å². The molecule has 40 heavy (non-hydrogen) atoms. The number of carbonyl (C=O) groups is 1. The smallest absolute Gasteiger partial charge is 0.226 e. The second kappa shape index (κ2) is 10.7. The van der Waals surface area contributed by atoms with Crippen LogP contribution in [0.1, 0.15) is 24.8 Å². The van der Waals surface area contributed by atoms with Gasteiger partial charge in [-0.2, -0.15) is 0 Å². The molecule has 0 radical (unpaired) electrons. The third-order valence-corrected chi connectivity index (χ3v) is 7.34. The van der Waals surface area contributed by atoms with Crippen LogP contribution < -0.4 is 15.0 Å². The molecule has 10 heteroatoms. The molecule has 1 saturated heterocycles. The molecule has 202 valence electrons. The number of nitrogens with one attached hydrogen (secondary N) is 1. The Morgan fingerprint density at radius 3 is 2.75 bits per heavy atom. The number of anilines is 3. The van der Waals surface area contributed by atoms with Crippen molar-refractivity contribution in [3.63, 3.8) is 0 Å². The number of hydrogen-bond acceptors (Lipinski definition) is 9. The summed E-state index contributed by atoms with van der Waals surface area (Å²) >= 11 is 0. The quantitative estimate of drug-likeness (QED) is 0.258. The Morgan fingerprint density at radius 2 is 1.95 bits per heavy atom. The fourth-order valence-electron chi connectivity index (χ4n) is 5.08. The molecule has 0 atom stereocenters. The van der Waals surface area contributed by atoms with E-state index in [1.165, 1.54) is 12.4 Å². The van der Waals surface area contributed by atoms with Crippen LogP contribution in [-0.2, 0) is 11.8 Å². The van der Waals surface area contributed by atoms with Gasteiger partial charge in [-0.05, 0) is 67.7 Å². The molecule has 6 rings (SSSR count). The zero-order valence-electron chi connectivity index (χ0n) is 22.5. The van der Waals surface area contributed by atoms with E-state index in [1.807, 2.05) is 54.9 Å². The van der Waals surface area contributed by atoms with Crippen LogP contribution in [0.5, 0.6) is 11.5 Å². The maximum Gasteiger partial charge on any atom is 0.226 e. The second-order valence-corrected chi connectivity index (χ2v) is 10.1. The van der Waals surface area contributed by atoms with Crippen LogP contribution in [0.2, 0.25) is 0 Å². The first-order valence-corrected chi connectivity index (χ1v) is 13.3. The third-order valence-electron chi connectivity index (χ3n) is 7.34. The van der Waals surface area contributed by atoms with Gasteiger partial charge in [0.25, 0.3) is 0 Å². The van der Waals surface area contributed by atoms with Crippen molar-refractivity contribution in [1.82, 2.24) is 29.5 Å². The Bertz CT molecular complexity index is 1720. The van der Waals surface area contributed by atoms with E-state index >= 15 is 0 Å². The number of fused-ring (bicyclic) bond motifs is 2. The summed E-state index contributed by atoms with van der Waals surface area (Å²) in [5.41, 5.74) is 5.08. The van der Waals surface area contributed by atoms with E-state index in [-0.39, 0.29) is 5.78 Å². The molecule has 1 fully saturated rings. The number of rotatable bonds is 8. The van der Waals surface area contributed by atoms with Crippen molar-refractivity contribution in [2.45, 2.75) is 26.2 Å². The first-order chi connectivity index (χ1) is 19.5. The monoisotopic (exact) mass is 534 g/mol. The molecule has 0 saturated carbocycles. The van der Waals surface area contributed by atoms with Gasteiger partial charge >= 0.3 is 0 Å². The summed E-state index contributed by atoms with van der Waals surface area (Å²) in [4.78, 5) is 36.5. The highest BCUT2D eigenvalue weighted by molar-refractivity contribution is 5.89. The number of aromatic nitrogens is 6. The number of allylic oxidation sites excluding steroid dienone is 1. The summed E-state index contributed by atoms with van der Waals surface area (Å²) in [7, 11) is 1.97. The Labute approximate surface area is 231 Å². The van der Waals surface area contributed by atoms with Crippen molar-refractivity contribution in [3.8, 4) is 11.5 Å². The molecular formula is C30H30N8O2. The highest BCUT2D eigenvalue weighted by atomic mass is 16.5. The van der Waals surface area contributed by atoms with Crippen LogP contribution in [0.4, 0.5) is 17.5 Å². The minimum absolute atomic E-state index is 0.106. The number of ether oxygens (including phenoxy) is 1. The van der Waals surface area contributed by atoms with E-state index in [0.717, 1.165) is 59.7 Å². The summed E-state index contributed by atoms with van der Waals surface area (Å²) in [6, 6.07) is 11.8. The lowest BCUT2D eigenvalue weighted by atomic mass is 9.92. The van der Waals surface area contributed by atoms with Gasteiger partial charge in [-0.15, -0.1) is 0 Å². The lowest BCUT2D eigenvalue weighted by Gasteiger charge is -2.31. The van der Waals surface area contributed by atoms with Crippen LogP contribution in [0.15, 0.2) is 67.9 Å². The minimum atomic E-state index is 0.106. The lowest BCUT2D eigenvalue weighted by molar-refractivity contribution is -0.115. The molecule has 1 N–H and O–H groups in total. The van der Waals surface area contributed by atoms with E-state index in [4.69, 9.17) is 9.72 Å². The van der Waals surface area contributed by atoms with Gasteiger partial charge in [-0.25, -0.2) is 24.9 Å². The van der Waals surface area contributed by atoms with Gasteiger partial charge in [0.15, 0.2) is 11.6 Å². The number of benzene rings is 2. The van der Waals surface area contributed by atoms with Crippen molar-refractivity contribution in [3.05, 3.63) is 73.5 Å². The van der Waals surface area contributed by atoms with Crippen LogP contribution >= 0.6 is 0 Å². The van der Waals surface area contributed by atoms with Crippen molar-refractivity contribution < 1.29 is 9.53 Å². The van der Waals surface area contributed by atoms with Gasteiger partial charge in [0.1, 0.15) is 28.9 Å². The van der Waals surface area contributed by atoms with Crippen LogP contribution in [0, 0.1) is 12.8 Å². The topological polar surface area (TPSA) is 111 Å². The van der Waals surface area contributed by atoms with Gasteiger partial charge in [0.2, 0.25) is 5.95 Å². The number of carbonyl (C=O) groups excluding carboxylic acids is 1. The summed E-state index contributed by atoms with van der Waals surface area (Å²) in [6.07, 6.45) is 8.84. The Balaban J connectivity index is 1.18. The first kappa shape index (κ1) is 25.4. The number of piperidine rings is 1. The summed E-state index contributed by atoms with van der Waals surface area (Å²) < 4.78 is 8.15. The first-order valence-electron chi connectivity index (χ1n) is 13.3. The zero-order chi connectivity index (χ0) is 27.6. The third kappa shape index (κ3) is 5.20. The number of nitrogens with zero attached hydrogens (tertiary/aromatic N) is 7. The van der Waals surface area contributed by atoms with Crippen LogP contribution in [0.3, 0.4) is 0 Å². The maximum atomic E-state index is 11.7. The number of hydrogen-bond donors (Lipinski definition) is 1. The largest absolute Gasteiger partial charge is 0.457 e. The highest BCUT2D eigenvalue weighted by Gasteiger charge is 2.23. The minimum Gasteiger partial charge on any atom is -0.457 e. The highest BCUT2D eigenvalue weighted by Crippen LogP contribution is 2.31. The second-order valence-electron chi connectivity index (χ2n) is 10.1. The Hall–Kier alpha value is -4.86. The predicted octanol–water partition coefficient (Wildman–Crippen LogP) is 5.51. The molecule has 3 aromatic heterocycles. The van der Waals surface area contributed by atoms with Crippen LogP contribution in [-0.4, -0.2) is 48.4 Å². The van der Waals surface area contributed by atoms with E-state index in [0.29, 0.717) is 35.1 Å². The van der Waals surface area contributed by atoms with Gasteiger partial charge in [0.05, 0.1) is 23.6 Å². The molecule has 0 bridgehead atoms. The summed E-state index contributed by atoms with van der Waals surface area (Å²) in [5.74, 6) is 3.22. The molecule has 1 aliphatic rings. The van der Waals surface area contributed by atoms with E-state index in [2.05, 4.69) is 36.7 Å².